The third-order valence-corrected chi connectivity index (χ3v) is 8.21. The van der Waals surface area contributed by atoms with E-state index in [1.54, 1.807) is 0 Å². The number of hydrogen-bond donors (Lipinski definition) is 0. The Hall–Kier alpha value is -3.22. The molecule has 0 bridgehead atoms. The maximum absolute atomic E-state index is 13.1. The highest BCUT2D eigenvalue weighted by atomic mass is 79.9. The Kier molecular flexibility index (Phi) is 8.06. The average molecular weight is 645 g/mol. The van der Waals surface area contributed by atoms with Gasteiger partial charge in [0, 0.05) is 38.4 Å². The van der Waals surface area contributed by atoms with Crippen LogP contribution in [-0.2, 0) is 19.6 Å². The number of nitrogens with zero attached hydrogens (tertiary/aromatic N) is 3. The molecule has 0 aliphatic carbocycles. The van der Waals surface area contributed by atoms with E-state index in [0.717, 1.165) is 41.5 Å². The summed E-state index contributed by atoms with van der Waals surface area (Å²) < 4.78 is 7.87. The molecule has 0 saturated heterocycles. The Bertz CT molecular complexity index is 1740. The molecule has 0 radical (unpaired) electrons. The lowest BCUT2D eigenvalue weighted by Crippen LogP contribution is -3.00. The van der Waals surface area contributed by atoms with Gasteiger partial charge in [0.25, 0.3) is 0 Å². The number of aromatic nitrogens is 3. The number of aryl methyl sites for hydroxylation is 4. The van der Waals surface area contributed by atoms with E-state index in [9.17, 15) is 4.79 Å². The Morgan fingerprint density at radius 1 is 0.769 bits per heavy atom. The van der Waals surface area contributed by atoms with Crippen molar-refractivity contribution in [1.29, 1.82) is 0 Å². The average Bonchev–Trinajstić information content (AvgIpc) is 3.42. The highest BCUT2D eigenvalue weighted by molar-refractivity contribution is 9.10. The number of halogens is 2. The van der Waals surface area contributed by atoms with E-state index in [0.29, 0.717) is 6.54 Å². The quantitative estimate of drug-likeness (QED) is 0.133. The van der Waals surface area contributed by atoms with E-state index in [4.69, 9.17) is 0 Å². The van der Waals surface area contributed by atoms with E-state index in [-0.39, 0.29) is 22.8 Å². The molecule has 0 aliphatic rings. The fourth-order valence-corrected chi connectivity index (χ4v) is 5.79. The Labute approximate surface area is 247 Å². The summed E-state index contributed by atoms with van der Waals surface area (Å²) in [5.74, 6) is 0.117. The lowest BCUT2D eigenvalue weighted by Gasteiger charge is -2.07. The second-order valence-corrected chi connectivity index (χ2v) is 11.1. The van der Waals surface area contributed by atoms with Crippen molar-refractivity contribution in [3.63, 3.8) is 0 Å². The number of fused-ring (bicyclic) bond motifs is 4. The van der Waals surface area contributed by atoms with Gasteiger partial charge in [-0.05, 0) is 74.2 Å². The first-order chi connectivity index (χ1) is 18.5. The van der Waals surface area contributed by atoms with Gasteiger partial charge < -0.3 is 21.5 Å². The number of hydrogen-bond acceptors (Lipinski definition) is 1. The Morgan fingerprint density at radius 2 is 1.36 bits per heavy atom. The number of ketones is 1. The zero-order valence-corrected chi connectivity index (χ0v) is 25.4. The standard InChI is InChI=1S/C33H31BrN3O.BrH/c1-23-19-31-32(20-24(23)2)36(21-33(38)25-13-15-26(34)16-14-25)22-35(31)17-7-8-18-37-29-11-5-3-9-27(29)28-10-4-6-12-30(28)37;/h3-6,9-16,19-20,22H,7-8,17-18,21H2,1-2H3;1H/q+1;/p-1. The lowest BCUT2D eigenvalue weighted by atomic mass is 10.1. The predicted molar refractivity (Wildman–Crippen MR) is 159 cm³/mol. The molecule has 2 heterocycles. The minimum absolute atomic E-state index is 0. The van der Waals surface area contributed by atoms with Crippen LogP contribution in [0, 0.1) is 13.8 Å². The first-order valence-corrected chi connectivity index (χ1v) is 14.0. The molecule has 0 spiro atoms. The van der Waals surface area contributed by atoms with Crippen molar-refractivity contribution in [2.75, 3.05) is 0 Å². The van der Waals surface area contributed by atoms with Crippen LogP contribution in [-0.4, -0.2) is 14.9 Å². The van der Waals surface area contributed by atoms with Crippen molar-refractivity contribution in [1.82, 2.24) is 9.13 Å². The normalized spacial score (nSPS) is 11.4. The van der Waals surface area contributed by atoms with Crippen molar-refractivity contribution in [3.8, 4) is 0 Å². The second-order valence-electron chi connectivity index (χ2n) is 10.2. The minimum atomic E-state index is 0. The first kappa shape index (κ1) is 27.4. The van der Waals surface area contributed by atoms with Crippen LogP contribution in [0.25, 0.3) is 32.8 Å². The van der Waals surface area contributed by atoms with Gasteiger partial charge in [0.05, 0.1) is 6.54 Å². The maximum Gasteiger partial charge on any atom is 0.245 e. The van der Waals surface area contributed by atoms with Gasteiger partial charge in [0.15, 0.2) is 17.6 Å². The van der Waals surface area contributed by atoms with Crippen LogP contribution in [0.2, 0.25) is 0 Å². The molecular formula is C33H31Br2N3O. The van der Waals surface area contributed by atoms with E-state index >= 15 is 0 Å². The van der Waals surface area contributed by atoms with Gasteiger partial charge in [-0.25, -0.2) is 9.13 Å². The predicted octanol–water partition coefficient (Wildman–Crippen LogP) is 4.78. The lowest BCUT2D eigenvalue weighted by molar-refractivity contribution is -0.658. The molecule has 0 fully saturated rings. The van der Waals surface area contributed by atoms with Crippen LogP contribution in [0.4, 0.5) is 0 Å². The number of carbonyl (C=O) groups excluding carboxylic acids is 1. The summed E-state index contributed by atoms with van der Waals surface area (Å²) in [5, 5.41) is 2.64. The van der Waals surface area contributed by atoms with Crippen molar-refractivity contribution >= 4 is 54.6 Å². The monoisotopic (exact) mass is 643 g/mol. The largest absolute Gasteiger partial charge is 1.00 e. The van der Waals surface area contributed by atoms with Crippen LogP contribution >= 0.6 is 15.9 Å². The van der Waals surface area contributed by atoms with E-state index in [1.165, 1.54) is 38.4 Å². The van der Waals surface area contributed by atoms with Crippen LogP contribution in [0.5, 0.6) is 0 Å². The number of para-hydroxylation sites is 2. The van der Waals surface area contributed by atoms with Gasteiger partial charge in [-0.2, -0.15) is 0 Å². The van der Waals surface area contributed by atoms with Crippen molar-refractivity contribution < 1.29 is 26.3 Å². The highest BCUT2D eigenvalue weighted by Gasteiger charge is 2.20. The molecule has 6 heteroatoms. The summed E-state index contributed by atoms with van der Waals surface area (Å²) >= 11 is 3.46. The molecule has 4 aromatic carbocycles. The van der Waals surface area contributed by atoms with Gasteiger partial charge >= 0.3 is 0 Å². The molecule has 39 heavy (non-hydrogen) atoms. The summed E-state index contributed by atoms with van der Waals surface area (Å²) in [6, 6.07) is 29.5. The van der Waals surface area contributed by atoms with Gasteiger partial charge in [-0.15, -0.1) is 0 Å². The number of carbonyl (C=O) groups is 1. The van der Waals surface area contributed by atoms with E-state index in [1.807, 2.05) is 24.3 Å². The Morgan fingerprint density at radius 3 is 2.03 bits per heavy atom. The molecule has 0 atom stereocenters. The summed E-state index contributed by atoms with van der Waals surface area (Å²) in [4.78, 5) is 13.1. The summed E-state index contributed by atoms with van der Waals surface area (Å²) in [6.45, 7) is 6.52. The first-order valence-electron chi connectivity index (χ1n) is 13.2. The molecule has 0 amide bonds. The zero-order valence-electron chi connectivity index (χ0n) is 22.2. The fraction of sp³-hybridized carbons (Fsp3) is 0.212. The zero-order chi connectivity index (χ0) is 26.2. The van der Waals surface area contributed by atoms with Crippen LogP contribution in [0.1, 0.15) is 34.3 Å². The van der Waals surface area contributed by atoms with Crippen LogP contribution in [0.3, 0.4) is 0 Å². The molecule has 6 rings (SSSR count). The number of unbranched alkanes of at least 4 members (excludes halogenated alkanes) is 1. The smallest absolute Gasteiger partial charge is 0.245 e. The molecule has 0 unspecified atom stereocenters. The van der Waals surface area contributed by atoms with Crippen molar-refractivity contribution in [2.24, 2.45) is 0 Å². The van der Waals surface area contributed by atoms with Crippen molar-refractivity contribution in [3.05, 3.63) is 112 Å². The molecule has 4 nitrogen and oxygen atoms in total. The third kappa shape index (κ3) is 5.32. The minimum Gasteiger partial charge on any atom is -1.00 e. The fourth-order valence-electron chi connectivity index (χ4n) is 5.52. The summed E-state index contributed by atoms with van der Waals surface area (Å²) in [5.41, 5.74) is 8.15. The van der Waals surface area contributed by atoms with E-state index in [2.05, 4.69) is 110 Å². The molecule has 0 saturated carbocycles. The number of rotatable bonds is 8. The molecule has 0 N–H and O–H groups in total. The van der Waals surface area contributed by atoms with Crippen LogP contribution in [0.15, 0.2) is 95.7 Å². The van der Waals surface area contributed by atoms with E-state index < -0.39 is 0 Å². The van der Waals surface area contributed by atoms with Gasteiger partial charge in [-0.1, -0.05) is 64.5 Å². The molecule has 2 aromatic heterocycles. The number of Topliss-reactive ketones (excluding diaryl/α,β-unsaturated/α-hetero) is 1. The molecule has 6 aromatic rings. The number of imidazole rings is 1. The van der Waals surface area contributed by atoms with Crippen molar-refractivity contribution in [2.45, 2.75) is 46.3 Å². The SMILES string of the molecule is Cc1cc2c(cc1C)[n+](CC(=O)c1ccc(Br)cc1)cn2CCCCn1c2ccccc2c2ccccc21.[Br-]. The van der Waals surface area contributed by atoms with Gasteiger partial charge in [0.2, 0.25) is 12.1 Å². The van der Waals surface area contributed by atoms with Gasteiger partial charge in [-0.3, -0.25) is 4.79 Å². The molecular weight excluding hydrogens is 614 g/mol. The molecule has 0 aliphatic heterocycles. The Balaban J connectivity index is 0.00000308. The highest BCUT2D eigenvalue weighted by Crippen LogP contribution is 2.29. The number of benzene rings is 4. The maximum atomic E-state index is 13.1. The molecule has 198 valence electrons. The van der Waals surface area contributed by atoms with Gasteiger partial charge in [0.1, 0.15) is 0 Å². The third-order valence-electron chi connectivity index (χ3n) is 7.68. The summed E-state index contributed by atoms with van der Waals surface area (Å²) in [7, 11) is 0. The summed E-state index contributed by atoms with van der Waals surface area (Å²) in [6.07, 6.45) is 4.25. The van der Waals surface area contributed by atoms with Crippen LogP contribution < -0.4 is 21.5 Å². The second kappa shape index (κ2) is 11.5. The topological polar surface area (TPSA) is 30.8 Å².